The van der Waals surface area contributed by atoms with E-state index < -0.39 is 17.1 Å². The molecule has 1 saturated carbocycles. The number of carbonyl (C=O) groups excluding carboxylic acids is 1. The first-order valence-electron chi connectivity index (χ1n) is 14.4. The van der Waals surface area contributed by atoms with E-state index in [0.29, 0.717) is 22.3 Å². The molecule has 1 fully saturated rings. The van der Waals surface area contributed by atoms with Gasteiger partial charge in [0.2, 0.25) is 5.91 Å². The van der Waals surface area contributed by atoms with Gasteiger partial charge in [0.1, 0.15) is 17.4 Å². The third kappa shape index (κ3) is 5.46. The minimum atomic E-state index is -0.789. The smallest absolute Gasteiger partial charge is 0.237 e. The maximum absolute atomic E-state index is 14.5. The van der Waals surface area contributed by atoms with Gasteiger partial charge in [0.15, 0.2) is 0 Å². The second kappa shape index (κ2) is 11.6. The molecule has 1 aromatic heterocycles. The van der Waals surface area contributed by atoms with E-state index >= 15 is 0 Å². The van der Waals surface area contributed by atoms with E-state index in [1.807, 2.05) is 55.4 Å². The number of fused-ring (bicyclic) bond motifs is 1. The zero-order valence-corrected chi connectivity index (χ0v) is 25.3. The normalized spacial score (nSPS) is 21.9. The van der Waals surface area contributed by atoms with E-state index in [1.165, 1.54) is 13.0 Å². The van der Waals surface area contributed by atoms with Crippen LogP contribution in [-0.4, -0.2) is 21.5 Å². The molecular weight excluding hydrogens is 518 g/mol. The summed E-state index contributed by atoms with van der Waals surface area (Å²) in [7, 11) is 0. The van der Waals surface area contributed by atoms with Crippen LogP contribution >= 0.6 is 0 Å². The minimum Gasteiger partial charge on any atom is -0.353 e. The van der Waals surface area contributed by atoms with Crippen LogP contribution in [0, 0.1) is 5.92 Å². The summed E-state index contributed by atoms with van der Waals surface area (Å²) in [6, 6.07) is 6.38. The van der Waals surface area contributed by atoms with Crippen LogP contribution in [0.1, 0.15) is 84.9 Å². The Morgan fingerprint density at radius 3 is 2.54 bits per heavy atom. The van der Waals surface area contributed by atoms with E-state index in [0.717, 1.165) is 47.7 Å². The second-order valence-electron chi connectivity index (χ2n) is 11.9. The van der Waals surface area contributed by atoms with Crippen molar-refractivity contribution in [2.24, 2.45) is 5.92 Å². The molecule has 4 rings (SSSR count). The van der Waals surface area contributed by atoms with Gasteiger partial charge in [-0.25, -0.2) is 13.8 Å². The average molecular weight is 561 g/mol. The highest BCUT2D eigenvalue weighted by molar-refractivity contribution is 6.08. The largest absolute Gasteiger partial charge is 0.353 e. The molecule has 0 saturated heterocycles. The maximum Gasteiger partial charge on any atom is 0.237 e. The van der Waals surface area contributed by atoms with E-state index in [2.05, 4.69) is 36.4 Å². The fourth-order valence-corrected chi connectivity index (χ4v) is 5.83. The molecule has 1 aliphatic heterocycles. The first-order valence-corrected chi connectivity index (χ1v) is 14.4. The first-order chi connectivity index (χ1) is 19.3. The van der Waals surface area contributed by atoms with Crippen molar-refractivity contribution in [2.75, 3.05) is 4.90 Å². The van der Waals surface area contributed by atoms with Gasteiger partial charge in [-0.3, -0.25) is 4.79 Å². The summed E-state index contributed by atoms with van der Waals surface area (Å²) in [5, 5.41) is 4.22. The zero-order chi connectivity index (χ0) is 30.2. The molecule has 0 bridgehead atoms. The molecule has 2 aliphatic rings. The number of carbonyl (C=O) groups is 1. The molecule has 1 amide bonds. The number of rotatable bonds is 9. The first kappa shape index (κ1) is 30.2. The van der Waals surface area contributed by atoms with Crippen molar-refractivity contribution in [3.05, 3.63) is 89.0 Å². The highest BCUT2D eigenvalue weighted by atomic mass is 19.1. The summed E-state index contributed by atoms with van der Waals surface area (Å²) in [4.78, 5) is 20.2. The van der Waals surface area contributed by atoms with Crippen LogP contribution < -0.4 is 20.9 Å². The quantitative estimate of drug-likeness (QED) is 0.346. The number of imidazole rings is 1. The van der Waals surface area contributed by atoms with Crippen LogP contribution in [-0.2, 0) is 10.2 Å². The SMILES string of the molecule is C=C/C(F)=C(N/C(C)=c1/c(=C\C(=C)c2ccc3c(c2)N(C2CC(CC)C2)C(=O)C3(C)C)ncn1C(C)C)\C(F)=C/C. The Balaban J connectivity index is 1.79. The number of allylic oxidation sites excluding steroid dienone is 5. The van der Waals surface area contributed by atoms with Crippen molar-refractivity contribution in [1.29, 1.82) is 0 Å². The molecule has 218 valence electrons. The van der Waals surface area contributed by atoms with Crippen molar-refractivity contribution in [3.63, 3.8) is 0 Å². The number of benzene rings is 1. The fraction of sp³-hybridized carbons (Fsp3) is 0.412. The maximum atomic E-state index is 14.5. The monoisotopic (exact) mass is 560 g/mol. The van der Waals surface area contributed by atoms with Crippen LogP contribution in [0.3, 0.4) is 0 Å². The zero-order valence-electron chi connectivity index (χ0n) is 25.3. The Hall–Kier alpha value is -3.74. The number of anilines is 1. The molecule has 0 spiro atoms. The van der Waals surface area contributed by atoms with Gasteiger partial charge < -0.3 is 14.8 Å². The number of hydrogen-bond acceptors (Lipinski definition) is 3. The molecule has 1 aromatic carbocycles. The lowest BCUT2D eigenvalue weighted by molar-refractivity contribution is -0.123. The van der Waals surface area contributed by atoms with Crippen LogP contribution in [0.25, 0.3) is 17.3 Å². The Morgan fingerprint density at radius 2 is 1.95 bits per heavy atom. The van der Waals surface area contributed by atoms with Crippen molar-refractivity contribution < 1.29 is 13.6 Å². The molecule has 2 aromatic rings. The molecular formula is C34H42F2N4O. The fourth-order valence-electron chi connectivity index (χ4n) is 5.83. The van der Waals surface area contributed by atoms with Gasteiger partial charge >= 0.3 is 0 Å². The van der Waals surface area contributed by atoms with Crippen molar-refractivity contribution in [3.8, 4) is 0 Å². The Morgan fingerprint density at radius 1 is 1.27 bits per heavy atom. The van der Waals surface area contributed by atoms with Crippen molar-refractivity contribution in [1.82, 2.24) is 14.9 Å². The molecule has 2 heterocycles. The highest BCUT2D eigenvalue weighted by Gasteiger charge is 2.48. The Kier molecular flexibility index (Phi) is 8.57. The standard InChI is InChI=1S/C34H42F2N4O/c1-10-23-16-25(17-23)40-30-18-24(13-14-26(30)34(8,9)33(40)41)21(6)15-29-32(39(19-37-29)20(4)5)22(7)38-31(27(35)11-2)28(36)12-3/h11-15,18-20,23,25,38H,2,6,10,16-17H2,1,3-5,7-9H3/b28-12+,29-15+,31-27-,32-22-. The van der Waals surface area contributed by atoms with Crippen LogP contribution in [0.15, 0.2) is 67.2 Å². The molecule has 0 atom stereocenters. The van der Waals surface area contributed by atoms with E-state index in [9.17, 15) is 13.6 Å². The lowest BCUT2D eigenvalue weighted by Gasteiger charge is -2.41. The summed E-state index contributed by atoms with van der Waals surface area (Å²) in [5.41, 5.74) is 3.27. The number of aromatic nitrogens is 2. The molecule has 0 unspecified atom stereocenters. The predicted octanol–water partition coefficient (Wildman–Crippen LogP) is 6.73. The predicted molar refractivity (Wildman–Crippen MR) is 165 cm³/mol. The molecule has 1 N–H and O–H groups in total. The van der Waals surface area contributed by atoms with Gasteiger partial charge in [-0.15, -0.1) is 0 Å². The van der Waals surface area contributed by atoms with E-state index in [1.54, 1.807) is 13.3 Å². The van der Waals surface area contributed by atoms with Crippen molar-refractivity contribution in [2.45, 2.75) is 85.2 Å². The summed E-state index contributed by atoms with van der Waals surface area (Å²) in [5.74, 6) is -0.686. The van der Waals surface area contributed by atoms with Crippen LogP contribution in [0.2, 0.25) is 0 Å². The molecule has 41 heavy (non-hydrogen) atoms. The third-order valence-electron chi connectivity index (χ3n) is 8.48. The Labute approximate surface area is 242 Å². The van der Waals surface area contributed by atoms with Crippen LogP contribution in [0.4, 0.5) is 14.5 Å². The topological polar surface area (TPSA) is 50.2 Å². The van der Waals surface area contributed by atoms with Gasteiger partial charge in [-0.2, -0.15) is 0 Å². The number of halogens is 2. The van der Waals surface area contributed by atoms with E-state index in [4.69, 9.17) is 0 Å². The summed E-state index contributed by atoms with van der Waals surface area (Å²) in [6.07, 6.45) is 8.97. The lowest BCUT2D eigenvalue weighted by atomic mass is 9.77. The molecule has 7 heteroatoms. The molecule has 1 aliphatic carbocycles. The third-order valence-corrected chi connectivity index (χ3v) is 8.48. The van der Waals surface area contributed by atoms with Gasteiger partial charge in [0.25, 0.3) is 0 Å². The van der Waals surface area contributed by atoms with Gasteiger partial charge in [-0.1, -0.05) is 38.6 Å². The summed E-state index contributed by atoms with van der Waals surface area (Å²) in [6.45, 7) is 21.3. The van der Waals surface area contributed by atoms with Crippen LogP contribution in [0.5, 0.6) is 0 Å². The van der Waals surface area contributed by atoms with E-state index in [-0.39, 0.29) is 23.7 Å². The van der Waals surface area contributed by atoms with Crippen molar-refractivity contribution >= 4 is 28.9 Å². The molecule has 0 radical (unpaired) electrons. The highest BCUT2D eigenvalue weighted by Crippen LogP contribution is 2.48. The van der Waals surface area contributed by atoms with Gasteiger partial charge in [0, 0.05) is 23.5 Å². The van der Waals surface area contributed by atoms with Gasteiger partial charge in [-0.05, 0) is 101 Å². The number of nitrogens with zero attached hydrogens (tertiary/aromatic N) is 3. The minimum absolute atomic E-state index is 0.0455. The number of amides is 1. The number of nitrogens with one attached hydrogen (secondary N) is 1. The average Bonchev–Trinajstić information content (AvgIpc) is 3.42. The summed E-state index contributed by atoms with van der Waals surface area (Å²) < 4.78 is 31.0. The summed E-state index contributed by atoms with van der Waals surface area (Å²) >= 11 is 0. The van der Waals surface area contributed by atoms with Gasteiger partial charge in [0.05, 0.1) is 22.4 Å². The molecule has 5 nitrogen and oxygen atoms in total. The Bertz CT molecular complexity index is 1570. The number of hydrogen-bond donors (Lipinski definition) is 1. The second-order valence-corrected chi connectivity index (χ2v) is 11.9. The lowest BCUT2D eigenvalue weighted by Crippen LogP contribution is -2.49.